The minimum Gasteiger partial charge on any atom is -0.478 e. The van der Waals surface area contributed by atoms with Crippen molar-refractivity contribution in [3.05, 3.63) is 28.0 Å². The molecule has 0 atom stereocenters. The topological polar surface area (TPSA) is 57.6 Å². The van der Waals surface area contributed by atoms with E-state index in [2.05, 4.69) is 0 Å². The highest BCUT2D eigenvalue weighted by Crippen LogP contribution is 2.30. The molecule has 0 aliphatic heterocycles. The van der Waals surface area contributed by atoms with Gasteiger partial charge in [-0.1, -0.05) is 0 Å². The average molecular weight is 265 g/mol. The molecular weight excluding hydrogens is 250 g/mol. The largest absolute Gasteiger partial charge is 0.478 e. The molecule has 1 fully saturated rings. The lowest BCUT2D eigenvalue weighted by atomic mass is 10.2. The van der Waals surface area contributed by atoms with Gasteiger partial charge in [0.25, 0.3) is 5.91 Å². The van der Waals surface area contributed by atoms with Crippen molar-refractivity contribution in [1.29, 1.82) is 0 Å². The second kappa shape index (κ2) is 5.35. The van der Waals surface area contributed by atoms with Gasteiger partial charge in [0.1, 0.15) is 0 Å². The molecular formula is C13H15NO3S. The lowest BCUT2D eigenvalue weighted by molar-refractivity contribution is -0.131. The standard InChI is InChI=1S/C13H15NO3S/c1-14(8-9-2-3-9)13(17)12-10(6-7-18-12)4-5-11(15)16/h4-7,9H,2-3,8H2,1H3,(H,15,16). The fourth-order valence-electron chi connectivity index (χ4n) is 1.73. The molecule has 1 aliphatic carbocycles. The van der Waals surface area contributed by atoms with E-state index in [-0.39, 0.29) is 5.91 Å². The third kappa shape index (κ3) is 3.20. The van der Waals surface area contributed by atoms with Crippen LogP contribution in [0.3, 0.4) is 0 Å². The molecule has 1 aliphatic rings. The van der Waals surface area contributed by atoms with E-state index in [0.717, 1.165) is 12.6 Å². The molecule has 1 aromatic heterocycles. The summed E-state index contributed by atoms with van der Waals surface area (Å²) in [5.74, 6) is -0.384. The van der Waals surface area contributed by atoms with E-state index >= 15 is 0 Å². The molecule has 0 bridgehead atoms. The summed E-state index contributed by atoms with van der Waals surface area (Å²) < 4.78 is 0. The highest BCUT2D eigenvalue weighted by atomic mass is 32.1. The normalized spacial score (nSPS) is 14.9. The number of hydrogen-bond acceptors (Lipinski definition) is 3. The lowest BCUT2D eigenvalue weighted by Gasteiger charge is -2.16. The van der Waals surface area contributed by atoms with Crippen molar-refractivity contribution in [1.82, 2.24) is 4.90 Å². The molecule has 1 heterocycles. The fourth-order valence-corrected chi connectivity index (χ4v) is 2.61. The van der Waals surface area contributed by atoms with Gasteiger partial charge < -0.3 is 10.0 Å². The number of aliphatic carboxylic acids is 1. The molecule has 0 saturated heterocycles. The number of carboxylic acid groups (broad SMARTS) is 1. The van der Waals surface area contributed by atoms with Crippen LogP contribution in [0, 0.1) is 5.92 Å². The van der Waals surface area contributed by atoms with Crippen LogP contribution in [-0.4, -0.2) is 35.5 Å². The van der Waals surface area contributed by atoms with Gasteiger partial charge in [-0.05, 0) is 41.8 Å². The van der Waals surface area contributed by atoms with Crippen LogP contribution >= 0.6 is 11.3 Å². The Bertz CT molecular complexity index is 488. The quantitative estimate of drug-likeness (QED) is 0.831. The van der Waals surface area contributed by atoms with E-state index in [0.29, 0.717) is 16.4 Å². The lowest BCUT2D eigenvalue weighted by Crippen LogP contribution is -2.28. The summed E-state index contributed by atoms with van der Waals surface area (Å²) in [4.78, 5) is 25.0. The number of carbonyl (C=O) groups is 2. The first-order chi connectivity index (χ1) is 8.58. The zero-order valence-corrected chi connectivity index (χ0v) is 10.9. The molecule has 0 radical (unpaired) electrons. The van der Waals surface area contributed by atoms with Crippen molar-refractivity contribution in [2.75, 3.05) is 13.6 Å². The van der Waals surface area contributed by atoms with Crippen LogP contribution in [0.1, 0.15) is 28.1 Å². The van der Waals surface area contributed by atoms with Gasteiger partial charge in [0.15, 0.2) is 0 Å². The number of rotatable bonds is 5. The van der Waals surface area contributed by atoms with Crippen LogP contribution in [0.5, 0.6) is 0 Å². The number of amides is 1. The minimum atomic E-state index is -1.01. The second-order valence-corrected chi connectivity index (χ2v) is 5.42. The van der Waals surface area contributed by atoms with Crippen LogP contribution in [0.2, 0.25) is 0 Å². The molecule has 0 unspecified atom stereocenters. The second-order valence-electron chi connectivity index (χ2n) is 4.51. The zero-order chi connectivity index (χ0) is 13.1. The molecule has 96 valence electrons. The van der Waals surface area contributed by atoms with Gasteiger partial charge in [-0.3, -0.25) is 4.79 Å². The minimum absolute atomic E-state index is 0.0260. The van der Waals surface area contributed by atoms with Crippen molar-refractivity contribution in [3.8, 4) is 0 Å². The summed E-state index contributed by atoms with van der Waals surface area (Å²) in [5, 5.41) is 10.4. The first kappa shape index (κ1) is 12.8. The maximum atomic E-state index is 12.2. The van der Waals surface area contributed by atoms with E-state index in [4.69, 9.17) is 5.11 Å². The predicted molar refractivity (Wildman–Crippen MR) is 70.7 cm³/mol. The molecule has 18 heavy (non-hydrogen) atoms. The number of thiophene rings is 1. The van der Waals surface area contributed by atoms with Crippen LogP contribution in [0.4, 0.5) is 0 Å². The Morgan fingerprint density at radius 3 is 2.89 bits per heavy atom. The number of carbonyl (C=O) groups excluding carboxylic acids is 1. The number of hydrogen-bond donors (Lipinski definition) is 1. The van der Waals surface area contributed by atoms with E-state index in [1.165, 1.54) is 30.3 Å². The van der Waals surface area contributed by atoms with Crippen molar-refractivity contribution in [2.24, 2.45) is 5.92 Å². The van der Waals surface area contributed by atoms with E-state index < -0.39 is 5.97 Å². The highest BCUT2D eigenvalue weighted by Gasteiger charge is 2.26. The van der Waals surface area contributed by atoms with E-state index in [1.807, 2.05) is 0 Å². The molecule has 2 rings (SSSR count). The summed E-state index contributed by atoms with van der Waals surface area (Å²) >= 11 is 1.35. The molecule has 0 aromatic carbocycles. The highest BCUT2D eigenvalue weighted by molar-refractivity contribution is 7.12. The Hall–Kier alpha value is -1.62. The van der Waals surface area contributed by atoms with Gasteiger partial charge in [0.2, 0.25) is 0 Å². The summed E-state index contributed by atoms with van der Waals surface area (Å²) in [6, 6.07) is 1.77. The van der Waals surface area contributed by atoms with Gasteiger partial charge in [-0.15, -0.1) is 11.3 Å². The Kier molecular flexibility index (Phi) is 3.81. The fraction of sp³-hybridized carbons (Fsp3) is 0.385. The summed E-state index contributed by atoms with van der Waals surface area (Å²) in [7, 11) is 1.80. The molecule has 1 saturated carbocycles. The van der Waals surface area contributed by atoms with Gasteiger partial charge >= 0.3 is 5.97 Å². The summed E-state index contributed by atoms with van der Waals surface area (Å²) in [6.07, 6.45) is 4.93. The maximum absolute atomic E-state index is 12.2. The summed E-state index contributed by atoms with van der Waals surface area (Å²) in [5.41, 5.74) is 0.676. The predicted octanol–water partition coefficient (Wildman–Crippen LogP) is 2.33. The third-order valence-corrected chi connectivity index (χ3v) is 3.79. The van der Waals surface area contributed by atoms with Gasteiger partial charge in [-0.2, -0.15) is 0 Å². The molecule has 0 spiro atoms. The van der Waals surface area contributed by atoms with Crippen molar-refractivity contribution in [2.45, 2.75) is 12.8 Å². The first-order valence-corrected chi connectivity index (χ1v) is 6.70. The smallest absolute Gasteiger partial charge is 0.328 e. The Morgan fingerprint density at radius 2 is 2.28 bits per heavy atom. The van der Waals surface area contributed by atoms with Crippen LogP contribution < -0.4 is 0 Å². The van der Waals surface area contributed by atoms with Gasteiger partial charge in [0, 0.05) is 19.7 Å². The van der Waals surface area contributed by atoms with Gasteiger partial charge in [-0.25, -0.2) is 4.79 Å². The summed E-state index contributed by atoms with van der Waals surface area (Å²) in [6.45, 7) is 0.790. The Balaban J connectivity index is 2.09. The molecule has 1 N–H and O–H groups in total. The van der Waals surface area contributed by atoms with E-state index in [1.54, 1.807) is 23.4 Å². The average Bonchev–Trinajstić information content (AvgIpc) is 3.01. The van der Waals surface area contributed by atoms with Crippen molar-refractivity contribution < 1.29 is 14.7 Å². The van der Waals surface area contributed by atoms with Crippen LogP contribution in [0.15, 0.2) is 17.5 Å². The van der Waals surface area contributed by atoms with Crippen molar-refractivity contribution >= 4 is 29.3 Å². The third-order valence-electron chi connectivity index (χ3n) is 2.87. The molecule has 1 amide bonds. The molecule has 5 heteroatoms. The van der Waals surface area contributed by atoms with E-state index in [9.17, 15) is 9.59 Å². The van der Waals surface area contributed by atoms with Crippen molar-refractivity contribution in [3.63, 3.8) is 0 Å². The Labute approximate surface area is 110 Å². The number of nitrogens with zero attached hydrogens (tertiary/aromatic N) is 1. The zero-order valence-electron chi connectivity index (χ0n) is 10.1. The maximum Gasteiger partial charge on any atom is 0.328 e. The Morgan fingerprint density at radius 1 is 1.56 bits per heavy atom. The first-order valence-electron chi connectivity index (χ1n) is 5.82. The molecule has 1 aromatic rings. The SMILES string of the molecule is CN(CC1CC1)C(=O)c1sccc1C=CC(=O)O. The van der Waals surface area contributed by atoms with Crippen LogP contribution in [-0.2, 0) is 4.79 Å². The monoisotopic (exact) mass is 265 g/mol. The number of carboxylic acids is 1. The van der Waals surface area contributed by atoms with Gasteiger partial charge in [0.05, 0.1) is 4.88 Å². The van der Waals surface area contributed by atoms with Crippen LogP contribution in [0.25, 0.3) is 6.08 Å². The molecule has 4 nitrogen and oxygen atoms in total.